The Morgan fingerprint density at radius 2 is 1.59 bits per heavy atom. The Hall–Kier alpha value is -2.84. The van der Waals surface area contributed by atoms with Crippen molar-refractivity contribution >= 4 is 11.4 Å². The highest BCUT2D eigenvalue weighted by Crippen LogP contribution is 2.30. The number of alkyl halides is 6. The van der Waals surface area contributed by atoms with Gasteiger partial charge in [-0.15, -0.1) is 13.2 Å². The van der Waals surface area contributed by atoms with Crippen LogP contribution >= 0.6 is 0 Å². The monoisotopic (exact) mass is 532 g/mol. The lowest BCUT2D eigenvalue weighted by molar-refractivity contribution is -0.274. The molecule has 0 aliphatic rings. The molecule has 0 atom stereocenters. The van der Waals surface area contributed by atoms with E-state index in [0.717, 1.165) is 43.0 Å². The maximum absolute atomic E-state index is 12.4. The molecule has 0 bridgehead atoms. The van der Waals surface area contributed by atoms with Crippen LogP contribution in [0.4, 0.5) is 32.0 Å². The van der Waals surface area contributed by atoms with Crippen LogP contribution in [-0.2, 0) is 6.18 Å². The van der Waals surface area contributed by atoms with Crippen molar-refractivity contribution in [1.29, 1.82) is 0 Å². The van der Waals surface area contributed by atoms with Crippen LogP contribution in [0.15, 0.2) is 53.5 Å². The molecule has 3 nitrogen and oxygen atoms in total. The summed E-state index contributed by atoms with van der Waals surface area (Å²) in [6.45, 7) is 15.4. The number of aryl methyl sites for hydroxylation is 2. The SMILES string of the molecule is C=C(CC)CCC.CCCCC(C)=Nc1ccc(C(F)(F)F)nc1C.Cc1cccc(OC(F)(F)F)c1. The fraction of sp³-hybridized carbons (Fsp3) is 0.500. The molecule has 37 heavy (non-hydrogen) atoms. The van der Waals surface area contributed by atoms with Crippen LogP contribution in [0.5, 0.6) is 5.75 Å². The molecule has 1 aromatic carbocycles. The second-order valence-electron chi connectivity index (χ2n) is 8.47. The van der Waals surface area contributed by atoms with Gasteiger partial charge in [-0.3, -0.25) is 4.99 Å². The minimum atomic E-state index is -4.60. The Balaban J connectivity index is 0.000000586. The molecule has 0 radical (unpaired) electrons. The van der Waals surface area contributed by atoms with Crippen molar-refractivity contribution < 1.29 is 31.1 Å². The number of aromatic nitrogens is 1. The van der Waals surface area contributed by atoms with E-state index in [2.05, 4.69) is 42.1 Å². The molecule has 0 fully saturated rings. The molecule has 0 amide bonds. The van der Waals surface area contributed by atoms with E-state index in [1.165, 1.54) is 42.7 Å². The molecule has 0 unspecified atom stereocenters. The van der Waals surface area contributed by atoms with Crippen molar-refractivity contribution in [2.45, 2.75) is 92.6 Å². The van der Waals surface area contributed by atoms with Crippen molar-refractivity contribution in [3.63, 3.8) is 0 Å². The van der Waals surface area contributed by atoms with Crippen LogP contribution in [0.3, 0.4) is 0 Å². The van der Waals surface area contributed by atoms with E-state index in [1.54, 1.807) is 19.9 Å². The van der Waals surface area contributed by atoms with Gasteiger partial charge in [0.15, 0.2) is 0 Å². The van der Waals surface area contributed by atoms with Gasteiger partial charge in [-0.2, -0.15) is 13.2 Å². The van der Waals surface area contributed by atoms with E-state index >= 15 is 0 Å². The zero-order valence-electron chi connectivity index (χ0n) is 22.5. The fourth-order valence-electron chi connectivity index (χ4n) is 2.87. The van der Waals surface area contributed by atoms with Gasteiger partial charge >= 0.3 is 12.5 Å². The lowest BCUT2D eigenvalue weighted by Gasteiger charge is -2.08. The first kappa shape index (κ1) is 34.2. The fourth-order valence-corrected chi connectivity index (χ4v) is 2.87. The first-order chi connectivity index (χ1) is 17.1. The number of hydrogen-bond acceptors (Lipinski definition) is 3. The van der Waals surface area contributed by atoms with Gasteiger partial charge in [-0.25, -0.2) is 4.98 Å². The summed E-state index contributed by atoms with van der Waals surface area (Å²) in [6.07, 6.45) is -2.45. The Labute approximate surface area is 216 Å². The van der Waals surface area contributed by atoms with Crippen molar-refractivity contribution in [2.75, 3.05) is 0 Å². The van der Waals surface area contributed by atoms with Crippen molar-refractivity contribution in [2.24, 2.45) is 4.99 Å². The number of hydrogen-bond donors (Lipinski definition) is 0. The molecule has 0 aliphatic heterocycles. The van der Waals surface area contributed by atoms with Crippen LogP contribution in [0, 0.1) is 13.8 Å². The second-order valence-corrected chi connectivity index (χ2v) is 8.47. The predicted octanol–water partition coefficient (Wildman–Crippen LogP) is 10.3. The van der Waals surface area contributed by atoms with Gasteiger partial charge in [-0.05, 0) is 76.3 Å². The molecule has 0 spiro atoms. The minimum Gasteiger partial charge on any atom is -0.406 e. The molecule has 0 saturated heterocycles. The van der Waals surface area contributed by atoms with Crippen molar-refractivity contribution in [3.05, 3.63) is 65.5 Å². The third-order valence-corrected chi connectivity index (χ3v) is 4.88. The Kier molecular flexibility index (Phi) is 15.5. The topological polar surface area (TPSA) is 34.5 Å². The number of ether oxygens (including phenoxy) is 1. The summed E-state index contributed by atoms with van der Waals surface area (Å²) in [5.74, 6) is -0.178. The zero-order chi connectivity index (χ0) is 28.6. The van der Waals surface area contributed by atoms with E-state index in [4.69, 9.17) is 0 Å². The number of nitrogens with zero attached hydrogens (tertiary/aromatic N) is 2. The van der Waals surface area contributed by atoms with Gasteiger partial charge < -0.3 is 4.74 Å². The number of rotatable bonds is 8. The smallest absolute Gasteiger partial charge is 0.406 e. The summed E-state index contributed by atoms with van der Waals surface area (Å²) in [5, 5.41) is 0. The van der Waals surface area contributed by atoms with Crippen LogP contribution in [-0.4, -0.2) is 17.1 Å². The zero-order valence-corrected chi connectivity index (χ0v) is 22.5. The number of unbranched alkanes of at least 4 members (excludes halogenated alkanes) is 1. The van der Waals surface area contributed by atoms with Gasteiger partial charge in [0.25, 0.3) is 0 Å². The maximum Gasteiger partial charge on any atom is 0.573 e. The molecular weight excluding hydrogens is 494 g/mol. The average molecular weight is 533 g/mol. The third kappa shape index (κ3) is 16.5. The molecule has 208 valence electrons. The summed E-state index contributed by atoms with van der Waals surface area (Å²) in [6, 6.07) is 8.15. The number of pyridine rings is 1. The molecule has 0 N–H and O–H groups in total. The van der Waals surface area contributed by atoms with E-state index in [-0.39, 0.29) is 5.75 Å². The first-order valence-electron chi connectivity index (χ1n) is 12.2. The van der Waals surface area contributed by atoms with Gasteiger partial charge in [0, 0.05) is 5.71 Å². The van der Waals surface area contributed by atoms with Crippen LogP contribution < -0.4 is 4.74 Å². The summed E-state index contributed by atoms with van der Waals surface area (Å²) in [4.78, 5) is 7.85. The summed E-state index contributed by atoms with van der Waals surface area (Å²) in [5.41, 5.74) is 2.98. The Morgan fingerprint density at radius 1 is 0.946 bits per heavy atom. The molecule has 2 aromatic rings. The van der Waals surface area contributed by atoms with Gasteiger partial charge in [-0.1, -0.05) is 57.9 Å². The third-order valence-electron chi connectivity index (χ3n) is 4.88. The molecule has 0 aliphatic carbocycles. The largest absolute Gasteiger partial charge is 0.573 e. The van der Waals surface area contributed by atoms with Crippen molar-refractivity contribution in [1.82, 2.24) is 4.98 Å². The lowest BCUT2D eigenvalue weighted by Crippen LogP contribution is -2.17. The number of halogens is 6. The Bertz CT molecular complexity index is 981. The molecule has 2 rings (SSSR count). The highest BCUT2D eigenvalue weighted by Gasteiger charge is 2.32. The normalized spacial score (nSPS) is 11.6. The van der Waals surface area contributed by atoms with Crippen LogP contribution in [0.2, 0.25) is 0 Å². The van der Waals surface area contributed by atoms with E-state index in [1.807, 2.05) is 6.92 Å². The highest BCUT2D eigenvalue weighted by molar-refractivity contribution is 5.84. The van der Waals surface area contributed by atoms with Crippen LogP contribution in [0.25, 0.3) is 0 Å². The standard InChI is InChI=1S/C13H17F3N2.C8H7F3O.C7H14/c1-4-5-6-9(2)17-11-7-8-12(13(14,15)16)18-10(11)3;1-6-3-2-4-7(5-6)12-8(9,10)11;1-4-6-7(3)5-2/h7-8H,4-6H2,1-3H3;2-5H,1H3;3-6H2,1-2H3. The van der Waals surface area contributed by atoms with Gasteiger partial charge in [0.1, 0.15) is 11.4 Å². The quantitative estimate of drug-likeness (QED) is 0.193. The second kappa shape index (κ2) is 16.8. The minimum absolute atomic E-state index is 0.178. The van der Waals surface area contributed by atoms with E-state index in [0.29, 0.717) is 11.4 Å². The van der Waals surface area contributed by atoms with Gasteiger partial charge in [0.05, 0.1) is 11.4 Å². The van der Waals surface area contributed by atoms with Gasteiger partial charge in [0.2, 0.25) is 0 Å². The molecule has 9 heteroatoms. The lowest BCUT2D eigenvalue weighted by atomic mass is 10.1. The summed E-state index contributed by atoms with van der Waals surface area (Å²) < 4.78 is 75.9. The Morgan fingerprint density at radius 3 is 2.03 bits per heavy atom. The van der Waals surface area contributed by atoms with E-state index in [9.17, 15) is 26.3 Å². The van der Waals surface area contributed by atoms with E-state index < -0.39 is 18.2 Å². The number of benzene rings is 1. The molecule has 1 heterocycles. The first-order valence-corrected chi connectivity index (χ1v) is 12.2. The summed E-state index contributed by atoms with van der Waals surface area (Å²) in [7, 11) is 0. The summed E-state index contributed by atoms with van der Waals surface area (Å²) >= 11 is 0. The van der Waals surface area contributed by atoms with Crippen LogP contribution in [0.1, 0.15) is 83.2 Å². The molecule has 0 saturated carbocycles. The average Bonchev–Trinajstić information content (AvgIpc) is 2.78. The van der Waals surface area contributed by atoms with Crippen molar-refractivity contribution in [3.8, 4) is 5.75 Å². The number of aliphatic imine (C=N–C) groups is 1. The maximum atomic E-state index is 12.4. The highest BCUT2D eigenvalue weighted by atomic mass is 19.4. The molecule has 1 aromatic heterocycles. The predicted molar refractivity (Wildman–Crippen MR) is 138 cm³/mol. The number of allylic oxidation sites excluding steroid dienone is 1. The molecular formula is C28H38F6N2O.